The van der Waals surface area contributed by atoms with Crippen molar-refractivity contribution in [2.75, 3.05) is 7.11 Å². The number of aromatic nitrogens is 1. The van der Waals surface area contributed by atoms with Crippen molar-refractivity contribution < 1.29 is 14.3 Å². The monoisotopic (exact) mass is 465 g/mol. The minimum atomic E-state index is -0.554. The lowest BCUT2D eigenvalue weighted by molar-refractivity contribution is -0.169. The van der Waals surface area contributed by atoms with Gasteiger partial charge in [0.15, 0.2) is 10.6 Å². The van der Waals surface area contributed by atoms with Gasteiger partial charge in [0.2, 0.25) is 6.19 Å². The molecule has 8 nitrogen and oxygen atoms in total. The third-order valence-corrected chi connectivity index (χ3v) is 6.92. The fourth-order valence-corrected chi connectivity index (χ4v) is 4.69. The zero-order chi connectivity index (χ0) is 24.2. The number of carbonyl (C=O) groups is 1. The highest BCUT2D eigenvalue weighted by Crippen LogP contribution is 2.37. The maximum Gasteiger partial charge on any atom is 0.303 e. The lowest BCUT2D eigenvalue weighted by Crippen LogP contribution is -2.46. The average Bonchev–Trinajstić information content (AvgIpc) is 3.13. The van der Waals surface area contributed by atoms with Crippen LogP contribution in [0.3, 0.4) is 0 Å². The van der Waals surface area contributed by atoms with E-state index in [-0.39, 0.29) is 17.2 Å². The molecule has 1 aromatic heterocycles. The summed E-state index contributed by atoms with van der Waals surface area (Å²) in [7, 11) is 1.51. The molecule has 0 amide bonds. The van der Waals surface area contributed by atoms with E-state index in [2.05, 4.69) is 31.8 Å². The fraction of sp³-hybridized carbons (Fsp3) is 0.458. The van der Waals surface area contributed by atoms with Gasteiger partial charge in [-0.25, -0.2) is 0 Å². The summed E-state index contributed by atoms with van der Waals surface area (Å²) in [5.41, 5.74) is 0.180. The molecular formula is C24H27N5O3S. The van der Waals surface area contributed by atoms with Crippen LogP contribution < -0.4 is 9.54 Å². The topological polar surface area (TPSA) is 113 Å². The SMILES string of the molecule is COc1ccc(C#N)cc1C(=NC#N)N=c1sc(C(C)(C)C)cn1CC1(OC(C)=O)CCC1. The first-order chi connectivity index (χ1) is 15.6. The normalized spacial score (nSPS) is 15.8. The van der Waals surface area contributed by atoms with E-state index in [0.29, 0.717) is 28.2 Å². The highest BCUT2D eigenvalue weighted by molar-refractivity contribution is 7.09. The van der Waals surface area contributed by atoms with Crippen molar-refractivity contribution in [2.24, 2.45) is 9.98 Å². The quantitative estimate of drug-likeness (QED) is 0.286. The van der Waals surface area contributed by atoms with Gasteiger partial charge in [-0.05, 0) is 42.9 Å². The second kappa shape index (κ2) is 9.60. The van der Waals surface area contributed by atoms with E-state index in [0.717, 1.165) is 24.1 Å². The van der Waals surface area contributed by atoms with Gasteiger partial charge in [-0.1, -0.05) is 20.8 Å². The molecule has 0 spiro atoms. The van der Waals surface area contributed by atoms with Gasteiger partial charge < -0.3 is 14.0 Å². The van der Waals surface area contributed by atoms with Crippen molar-refractivity contribution >= 4 is 23.1 Å². The summed E-state index contributed by atoms with van der Waals surface area (Å²) < 4.78 is 13.1. The molecule has 1 heterocycles. The Bertz CT molecular complexity index is 1230. The van der Waals surface area contributed by atoms with Gasteiger partial charge >= 0.3 is 5.97 Å². The minimum absolute atomic E-state index is 0.126. The van der Waals surface area contributed by atoms with E-state index < -0.39 is 5.60 Å². The van der Waals surface area contributed by atoms with E-state index in [4.69, 9.17) is 14.5 Å². The molecule has 1 saturated carbocycles. The van der Waals surface area contributed by atoms with E-state index in [1.807, 2.05) is 17.0 Å². The molecule has 0 radical (unpaired) electrons. The van der Waals surface area contributed by atoms with Crippen LogP contribution in [0.5, 0.6) is 5.75 Å². The summed E-state index contributed by atoms with van der Waals surface area (Å²) in [6.45, 7) is 8.23. The van der Waals surface area contributed by atoms with Crippen LogP contribution in [-0.2, 0) is 21.5 Å². The molecular weight excluding hydrogens is 438 g/mol. The number of benzene rings is 1. The summed E-state index contributed by atoms with van der Waals surface area (Å²) in [5.74, 6) is 0.309. The first-order valence-electron chi connectivity index (χ1n) is 10.6. The molecule has 1 aromatic carbocycles. The van der Waals surface area contributed by atoms with Gasteiger partial charge in [-0.15, -0.1) is 11.3 Å². The number of aliphatic imine (C=N–C) groups is 1. The third kappa shape index (κ3) is 5.50. The summed E-state index contributed by atoms with van der Waals surface area (Å²) in [6.07, 6.45) is 6.41. The van der Waals surface area contributed by atoms with Crippen LogP contribution in [0.15, 0.2) is 34.4 Å². The van der Waals surface area contributed by atoms with Crippen molar-refractivity contribution in [2.45, 2.75) is 64.5 Å². The number of nitrogens with zero attached hydrogens (tertiary/aromatic N) is 5. The van der Waals surface area contributed by atoms with Crippen molar-refractivity contribution in [3.05, 3.63) is 45.2 Å². The van der Waals surface area contributed by atoms with Crippen LogP contribution in [0.2, 0.25) is 0 Å². The number of ether oxygens (including phenoxy) is 2. The number of carbonyl (C=O) groups excluding carboxylic acids is 1. The maximum absolute atomic E-state index is 11.7. The Morgan fingerprint density at radius 2 is 2.03 bits per heavy atom. The number of methoxy groups -OCH3 is 1. The van der Waals surface area contributed by atoms with Gasteiger partial charge in [0.25, 0.3) is 0 Å². The maximum atomic E-state index is 11.7. The summed E-state index contributed by atoms with van der Waals surface area (Å²) >= 11 is 1.49. The molecule has 0 bridgehead atoms. The van der Waals surface area contributed by atoms with E-state index in [1.54, 1.807) is 18.2 Å². The molecule has 3 rings (SSSR count). The number of nitriles is 2. The number of amidine groups is 1. The first kappa shape index (κ1) is 24.2. The molecule has 1 fully saturated rings. The lowest BCUT2D eigenvalue weighted by atomic mass is 9.80. The Kier molecular flexibility index (Phi) is 7.04. The number of hydrogen-bond acceptors (Lipinski definition) is 7. The van der Waals surface area contributed by atoms with Gasteiger partial charge in [0.1, 0.15) is 11.4 Å². The minimum Gasteiger partial charge on any atom is -0.496 e. The molecule has 172 valence electrons. The Balaban J connectivity index is 2.17. The zero-order valence-electron chi connectivity index (χ0n) is 19.5. The van der Waals surface area contributed by atoms with E-state index in [9.17, 15) is 15.3 Å². The average molecular weight is 466 g/mol. The van der Waals surface area contributed by atoms with Crippen molar-refractivity contribution in [3.8, 4) is 18.0 Å². The third-order valence-electron chi connectivity index (χ3n) is 5.47. The molecule has 33 heavy (non-hydrogen) atoms. The van der Waals surface area contributed by atoms with Crippen LogP contribution in [-0.4, -0.2) is 29.1 Å². The van der Waals surface area contributed by atoms with Crippen LogP contribution in [0.4, 0.5) is 0 Å². The predicted molar refractivity (Wildman–Crippen MR) is 125 cm³/mol. The number of thiazole rings is 1. The second-order valence-corrected chi connectivity index (χ2v) is 10.1. The molecule has 2 aromatic rings. The van der Waals surface area contributed by atoms with Crippen LogP contribution in [0.1, 0.15) is 63.0 Å². The van der Waals surface area contributed by atoms with Crippen molar-refractivity contribution in [1.82, 2.24) is 4.57 Å². The number of rotatable bonds is 5. The Labute approximate surface area is 197 Å². The van der Waals surface area contributed by atoms with Crippen molar-refractivity contribution in [3.63, 3.8) is 0 Å². The van der Waals surface area contributed by atoms with Crippen LogP contribution in [0.25, 0.3) is 0 Å². The standard InChI is InChI=1S/C24H27N5O3S/c1-16(30)32-24(9-6-10-24)14-29-13-20(23(2,3)4)33-22(29)28-21(27-15-26)18-11-17(12-25)7-8-19(18)31-5/h7-8,11,13H,6,9-10,14H2,1-5H3. The summed E-state index contributed by atoms with van der Waals surface area (Å²) in [5, 5.41) is 18.7. The van der Waals surface area contributed by atoms with Gasteiger partial charge in [-0.2, -0.15) is 20.5 Å². The van der Waals surface area contributed by atoms with Gasteiger partial charge in [0.05, 0.1) is 30.9 Å². The van der Waals surface area contributed by atoms with Crippen molar-refractivity contribution in [1.29, 1.82) is 10.5 Å². The molecule has 0 saturated heterocycles. The fourth-order valence-electron chi connectivity index (χ4n) is 3.64. The number of hydrogen-bond donors (Lipinski definition) is 0. The highest BCUT2D eigenvalue weighted by atomic mass is 32.1. The molecule has 0 aliphatic heterocycles. The molecule has 0 unspecified atom stereocenters. The van der Waals surface area contributed by atoms with Gasteiger partial charge in [-0.3, -0.25) is 4.79 Å². The lowest BCUT2D eigenvalue weighted by Gasteiger charge is -2.40. The van der Waals surface area contributed by atoms with Crippen LogP contribution in [0, 0.1) is 22.8 Å². The molecule has 0 atom stereocenters. The molecule has 1 aliphatic carbocycles. The Morgan fingerprint density at radius 1 is 1.30 bits per heavy atom. The summed E-state index contributed by atoms with van der Waals surface area (Å²) in [4.78, 5) is 22.1. The van der Waals surface area contributed by atoms with Crippen LogP contribution >= 0.6 is 11.3 Å². The smallest absolute Gasteiger partial charge is 0.303 e. The molecule has 1 aliphatic rings. The van der Waals surface area contributed by atoms with E-state index in [1.165, 1.54) is 25.4 Å². The number of esters is 1. The largest absolute Gasteiger partial charge is 0.496 e. The predicted octanol–water partition coefficient (Wildman–Crippen LogP) is 4.04. The van der Waals surface area contributed by atoms with E-state index >= 15 is 0 Å². The second-order valence-electron chi connectivity index (χ2n) is 9.06. The highest BCUT2D eigenvalue weighted by Gasteiger charge is 2.41. The Hall–Kier alpha value is -3.43. The Morgan fingerprint density at radius 3 is 2.55 bits per heavy atom. The molecule has 9 heteroatoms. The zero-order valence-corrected chi connectivity index (χ0v) is 20.3. The summed E-state index contributed by atoms with van der Waals surface area (Å²) in [6, 6.07) is 6.99. The van der Waals surface area contributed by atoms with Gasteiger partial charge in [0, 0.05) is 18.0 Å². The first-order valence-corrected chi connectivity index (χ1v) is 11.4. The molecule has 0 N–H and O–H groups in total.